The predicted octanol–water partition coefficient (Wildman–Crippen LogP) is -0.428. The van der Waals surface area contributed by atoms with Crippen LogP contribution in [0.1, 0.15) is 12.6 Å². The highest BCUT2D eigenvalue weighted by Crippen LogP contribution is 2.48. The average molecular weight is 303 g/mol. The molecule has 2 aromatic rings. The Balaban J connectivity index is 2.32. The van der Waals surface area contributed by atoms with Crippen molar-refractivity contribution in [3.8, 4) is 6.07 Å². The van der Waals surface area contributed by atoms with Gasteiger partial charge in [-0.05, 0) is 19.1 Å². The Labute approximate surface area is 124 Å². The second-order valence-corrected chi connectivity index (χ2v) is 5.14. The van der Waals surface area contributed by atoms with Crippen molar-refractivity contribution in [1.29, 1.82) is 5.26 Å². The summed E-state index contributed by atoms with van der Waals surface area (Å²) in [5.74, 6) is -0.131. The minimum atomic E-state index is -2.02. The zero-order valence-corrected chi connectivity index (χ0v) is 11.5. The first-order valence-electron chi connectivity index (χ1n) is 6.32. The number of anilines is 1. The molecule has 114 valence electrons. The summed E-state index contributed by atoms with van der Waals surface area (Å²) in [6.07, 6.45) is 0.124. The summed E-state index contributed by atoms with van der Waals surface area (Å²) in [5.41, 5.74) is 2.31. The molecule has 0 aromatic carbocycles. The van der Waals surface area contributed by atoms with Crippen molar-refractivity contribution < 1.29 is 20.1 Å². The SMILES string of the molecule is C[C@@]1(O)[C@H](O)/C(=C\O)O[C@@]1(C#N)c1ccc2c(N)ncnn12. The van der Waals surface area contributed by atoms with Gasteiger partial charge in [0.1, 0.15) is 36.0 Å². The molecule has 3 atom stereocenters. The number of nitrogens with zero attached hydrogens (tertiary/aromatic N) is 4. The molecule has 0 aliphatic carbocycles. The Morgan fingerprint density at radius 2 is 2.27 bits per heavy atom. The minimum Gasteiger partial charge on any atom is -0.512 e. The highest BCUT2D eigenvalue weighted by molar-refractivity contribution is 5.66. The fourth-order valence-electron chi connectivity index (χ4n) is 2.63. The third kappa shape index (κ3) is 1.47. The number of aliphatic hydroxyl groups excluding tert-OH is 2. The number of nitrogens with two attached hydrogens (primary N) is 1. The minimum absolute atomic E-state index is 0.153. The molecule has 3 rings (SSSR count). The Morgan fingerprint density at radius 3 is 2.86 bits per heavy atom. The molecule has 1 aliphatic heterocycles. The summed E-state index contributed by atoms with van der Waals surface area (Å²) in [4.78, 5) is 3.84. The molecule has 9 nitrogen and oxygen atoms in total. The van der Waals surface area contributed by atoms with Gasteiger partial charge in [0.05, 0.1) is 0 Å². The van der Waals surface area contributed by atoms with Crippen molar-refractivity contribution >= 4 is 11.3 Å². The molecule has 22 heavy (non-hydrogen) atoms. The van der Waals surface area contributed by atoms with E-state index in [9.17, 15) is 15.5 Å². The first-order valence-corrected chi connectivity index (χ1v) is 6.32. The van der Waals surface area contributed by atoms with Crippen molar-refractivity contribution in [1.82, 2.24) is 14.6 Å². The third-order valence-electron chi connectivity index (χ3n) is 3.91. The lowest BCUT2D eigenvalue weighted by Crippen LogP contribution is -2.51. The van der Waals surface area contributed by atoms with Gasteiger partial charge >= 0.3 is 0 Å². The molecule has 1 saturated heterocycles. The Morgan fingerprint density at radius 1 is 1.55 bits per heavy atom. The maximum atomic E-state index is 10.6. The van der Waals surface area contributed by atoms with Crippen LogP contribution in [-0.2, 0) is 10.3 Å². The molecule has 1 fully saturated rings. The summed E-state index contributed by atoms with van der Waals surface area (Å²) < 4.78 is 6.69. The third-order valence-corrected chi connectivity index (χ3v) is 3.91. The van der Waals surface area contributed by atoms with Gasteiger partial charge in [0.25, 0.3) is 5.60 Å². The van der Waals surface area contributed by atoms with E-state index in [0.29, 0.717) is 11.8 Å². The number of rotatable bonds is 1. The summed E-state index contributed by atoms with van der Waals surface area (Å²) in [6.45, 7) is 1.24. The van der Waals surface area contributed by atoms with Crippen LogP contribution in [0.4, 0.5) is 5.82 Å². The number of hydrogen-bond acceptors (Lipinski definition) is 8. The number of nitriles is 1. The van der Waals surface area contributed by atoms with Gasteiger partial charge in [-0.3, -0.25) is 0 Å². The van der Waals surface area contributed by atoms with Crippen LogP contribution in [0.25, 0.3) is 5.52 Å². The van der Waals surface area contributed by atoms with Crippen molar-refractivity contribution in [2.45, 2.75) is 24.2 Å². The molecule has 0 radical (unpaired) electrons. The fourth-order valence-corrected chi connectivity index (χ4v) is 2.63. The van der Waals surface area contributed by atoms with E-state index in [4.69, 9.17) is 15.6 Å². The maximum Gasteiger partial charge on any atom is 0.266 e. The van der Waals surface area contributed by atoms with Crippen molar-refractivity contribution in [3.05, 3.63) is 36.2 Å². The van der Waals surface area contributed by atoms with E-state index in [1.165, 1.54) is 23.8 Å². The number of ether oxygens (including phenoxy) is 1. The van der Waals surface area contributed by atoms with Crippen LogP contribution in [0.2, 0.25) is 0 Å². The van der Waals surface area contributed by atoms with Gasteiger partial charge in [-0.15, -0.1) is 0 Å². The van der Waals surface area contributed by atoms with Crippen molar-refractivity contribution in [2.24, 2.45) is 0 Å². The lowest BCUT2D eigenvalue weighted by atomic mass is 9.81. The van der Waals surface area contributed by atoms with Crippen LogP contribution >= 0.6 is 0 Å². The van der Waals surface area contributed by atoms with Gasteiger partial charge < -0.3 is 25.8 Å². The molecule has 0 saturated carbocycles. The van der Waals surface area contributed by atoms with Crippen molar-refractivity contribution in [2.75, 3.05) is 5.73 Å². The standard InChI is InChI=1S/C13H13N5O4/c1-12(21)10(20)8(4-19)22-13(12,5-14)9-3-2-7-11(15)16-6-17-18(7)9/h2-4,6,10,19-21H,1H3,(H2,15,16,17)/b8-4+/t10-,12-,13+/m1/s1. The van der Waals surface area contributed by atoms with Crippen molar-refractivity contribution in [3.63, 3.8) is 0 Å². The zero-order chi connectivity index (χ0) is 16.1. The molecule has 0 bridgehead atoms. The van der Waals surface area contributed by atoms with Gasteiger partial charge in [-0.2, -0.15) is 10.4 Å². The van der Waals surface area contributed by atoms with Crippen LogP contribution in [0.5, 0.6) is 0 Å². The van der Waals surface area contributed by atoms with Crippen LogP contribution in [0.15, 0.2) is 30.5 Å². The molecular weight excluding hydrogens is 290 g/mol. The van der Waals surface area contributed by atoms with Gasteiger partial charge in [0.15, 0.2) is 17.2 Å². The Hall–Kier alpha value is -2.83. The van der Waals surface area contributed by atoms with Gasteiger partial charge in [0.2, 0.25) is 0 Å². The smallest absolute Gasteiger partial charge is 0.266 e. The van der Waals surface area contributed by atoms with E-state index in [0.717, 1.165) is 0 Å². The molecule has 2 aromatic heterocycles. The summed E-state index contributed by atoms with van der Waals surface area (Å²) >= 11 is 0. The quantitative estimate of drug-likeness (QED) is 0.518. The van der Waals surface area contributed by atoms with E-state index in [2.05, 4.69) is 10.1 Å². The largest absolute Gasteiger partial charge is 0.512 e. The second kappa shape index (κ2) is 4.33. The highest BCUT2D eigenvalue weighted by atomic mass is 16.6. The normalized spacial score (nSPS) is 33.0. The number of fused-ring (bicyclic) bond motifs is 1. The highest BCUT2D eigenvalue weighted by Gasteiger charge is 2.65. The first-order chi connectivity index (χ1) is 10.4. The van der Waals surface area contributed by atoms with Crippen LogP contribution in [0, 0.1) is 11.3 Å². The molecular formula is C13H13N5O4. The summed E-state index contributed by atoms with van der Waals surface area (Å²) in [7, 11) is 0. The predicted molar refractivity (Wildman–Crippen MR) is 73.1 cm³/mol. The molecule has 3 heterocycles. The van der Waals surface area contributed by atoms with E-state index in [1.54, 1.807) is 6.07 Å². The Bertz CT molecular complexity index is 821. The topological polar surface area (TPSA) is 150 Å². The van der Waals surface area contributed by atoms with Gasteiger partial charge in [0, 0.05) is 0 Å². The maximum absolute atomic E-state index is 10.6. The number of aromatic nitrogens is 3. The number of hydrogen-bond donors (Lipinski definition) is 4. The van der Waals surface area contributed by atoms with Gasteiger partial charge in [-0.1, -0.05) is 0 Å². The number of aliphatic hydroxyl groups is 3. The molecule has 0 spiro atoms. The fraction of sp³-hybridized carbons (Fsp3) is 0.308. The number of nitrogen functional groups attached to an aromatic ring is 1. The lowest BCUT2D eigenvalue weighted by molar-refractivity contribution is -0.104. The van der Waals surface area contributed by atoms with E-state index < -0.39 is 17.3 Å². The first kappa shape index (κ1) is 14.1. The molecule has 9 heteroatoms. The average Bonchev–Trinajstić information content (AvgIpc) is 3.01. The molecule has 5 N–H and O–H groups in total. The van der Waals surface area contributed by atoms with E-state index >= 15 is 0 Å². The second-order valence-electron chi connectivity index (χ2n) is 5.14. The summed E-state index contributed by atoms with van der Waals surface area (Å²) in [6, 6.07) is 4.93. The summed E-state index contributed by atoms with van der Waals surface area (Å²) in [5, 5.41) is 43.5. The van der Waals surface area contributed by atoms with Crippen LogP contribution in [0.3, 0.4) is 0 Å². The molecule has 1 aliphatic rings. The monoisotopic (exact) mass is 303 g/mol. The van der Waals surface area contributed by atoms with Gasteiger partial charge in [-0.25, -0.2) is 9.50 Å². The molecule has 0 unspecified atom stereocenters. The van der Waals surface area contributed by atoms with Crippen LogP contribution < -0.4 is 5.73 Å². The zero-order valence-electron chi connectivity index (χ0n) is 11.5. The van der Waals surface area contributed by atoms with Crippen LogP contribution in [-0.4, -0.2) is 41.6 Å². The lowest BCUT2D eigenvalue weighted by Gasteiger charge is -2.32. The van der Waals surface area contributed by atoms with E-state index in [1.807, 2.05) is 6.07 Å². The molecule has 0 amide bonds. The Kier molecular flexibility index (Phi) is 2.78. The van der Waals surface area contributed by atoms with E-state index in [-0.39, 0.29) is 17.3 Å².